The Bertz CT molecular complexity index is 644. The van der Waals surface area contributed by atoms with Crippen molar-refractivity contribution in [3.8, 4) is 0 Å². The Balaban J connectivity index is 1.69. The Kier molecular flexibility index (Phi) is 3.75. The molecule has 1 fully saturated rings. The van der Waals surface area contributed by atoms with Crippen molar-refractivity contribution in [2.24, 2.45) is 0 Å². The first-order valence-corrected chi connectivity index (χ1v) is 7.34. The summed E-state index contributed by atoms with van der Waals surface area (Å²) in [6, 6.07) is 12.4. The predicted octanol–water partition coefficient (Wildman–Crippen LogP) is 1.46. The molecule has 1 aromatic heterocycles. The van der Waals surface area contributed by atoms with Crippen molar-refractivity contribution in [1.29, 1.82) is 0 Å². The summed E-state index contributed by atoms with van der Waals surface area (Å²) in [5.74, 6) is 0.962. The van der Waals surface area contributed by atoms with Crippen LogP contribution in [0.25, 0.3) is 0 Å². The number of nitrogens with two attached hydrogens (primary N) is 1. The highest BCUT2D eigenvalue weighted by Crippen LogP contribution is 2.32. The highest BCUT2D eigenvalue weighted by Gasteiger charge is 2.28. The number of nitrogen functional groups attached to an aromatic ring is 1. The topological polar surface area (TPSA) is 70.1 Å². The van der Waals surface area contributed by atoms with E-state index in [0.29, 0.717) is 0 Å². The van der Waals surface area contributed by atoms with Crippen LogP contribution in [0, 0.1) is 6.07 Å². The lowest BCUT2D eigenvalue weighted by molar-refractivity contribution is 0.0164. The van der Waals surface area contributed by atoms with Gasteiger partial charge in [-0.15, -0.1) is 11.8 Å². The van der Waals surface area contributed by atoms with Crippen molar-refractivity contribution in [2.75, 3.05) is 11.5 Å². The zero-order chi connectivity index (χ0) is 13.9. The Morgan fingerprint density at radius 1 is 1.45 bits per heavy atom. The summed E-state index contributed by atoms with van der Waals surface area (Å²) >= 11 is 1.70. The molecule has 1 aliphatic heterocycles. The lowest BCUT2D eigenvalue weighted by atomic mass is 10.2. The van der Waals surface area contributed by atoms with E-state index >= 15 is 0 Å². The van der Waals surface area contributed by atoms with Gasteiger partial charge < -0.3 is 10.5 Å². The smallest absolute Gasteiger partial charge is 0.351 e. The van der Waals surface area contributed by atoms with Crippen molar-refractivity contribution >= 4 is 17.6 Å². The summed E-state index contributed by atoms with van der Waals surface area (Å²) in [7, 11) is 0. The Hall–Kier alpha value is -1.79. The maximum absolute atomic E-state index is 11.8. The quantitative estimate of drug-likeness (QED) is 0.926. The van der Waals surface area contributed by atoms with Crippen molar-refractivity contribution in [2.45, 2.75) is 18.1 Å². The van der Waals surface area contributed by atoms with E-state index < -0.39 is 0 Å². The minimum Gasteiger partial charge on any atom is -0.383 e. The zero-order valence-electron chi connectivity index (χ0n) is 10.7. The molecule has 0 unspecified atom stereocenters. The summed E-state index contributed by atoms with van der Waals surface area (Å²) in [4.78, 5) is 15.5. The van der Waals surface area contributed by atoms with E-state index in [9.17, 15) is 4.79 Å². The van der Waals surface area contributed by atoms with E-state index in [0.717, 1.165) is 12.2 Å². The number of aromatic nitrogens is 2. The van der Waals surface area contributed by atoms with Gasteiger partial charge in [0.25, 0.3) is 0 Å². The van der Waals surface area contributed by atoms with Crippen LogP contribution < -0.4 is 11.4 Å². The van der Waals surface area contributed by atoms with Crippen molar-refractivity contribution in [1.82, 2.24) is 9.55 Å². The number of hydrogen-bond donors (Lipinski definition) is 1. The first-order valence-electron chi connectivity index (χ1n) is 6.29. The minimum absolute atomic E-state index is 0.0480. The van der Waals surface area contributed by atoms with Crippen LogP contribution in [-0.2, 0) is 11.2 Å². The maximum atomic E-state index is 11.8. The SMILES string of the molecule is Nc1ccn([C@@H]2CS[C@H](Cc3cc[c]cc3)O2)c(=O)n1. The van der Waals surface area contributed by atoms with Crippen LogP contribution in [0.3, 0.4) is 0 Å². The highest BCUT2D eigenvalue weighted by molar-refractivity contribution is 7.99. The van der Waals surface area contributed by atoms with Gasteiger partial charge >= 0.3 is 5.69 Å². The molecular formula is C14H14N3O2S. The molecule has 1 radical (unpaired) electrons. The average molecular weight is 288 g/mol. The lowest BCUT2D eigenvalue weighted by Gasteiger charge is -2.14. The van der Waals surface area contributed by atoms with Crippen molar-refractivity contribution < 1.29 is 4.74 Å². The predicted molar refractivity (Wildman–Crippen MR) is 78.3 cm³/mol. The van der Waals surface area contributed by atoms with Gasteiger partial charge in [0.1, 0.15) is 17.5 Å². The number of nitrogens with zero attached hydrogens (tertiary/aromatic N) is 2. The third-order valence-corrected chi connectivity index (χ3v) is 4.21. The molecule has 0 spiro atoms. The molecular weight excluding hydrogens is 274 g/mol. The molecule has 5 nitrogen and oxygen atoms in total. The number of thioether (sulfide) groups is 1. The second-order valence-electron chi connectivity index (χ2n) is 4.51. The first kappa shape index (κ1) is 13.2. The molecule has 2 N–H and O–H groups in total. The molecule has 6 heteroatoms. The monoisotopic (exact) mass is 288 g/mol. The molecule has 103 valence electrons. The molecule has 2 heterocycles. The minimum atomic E-state index is -0.370. The summed E-state index contributed by atoms with van der Waals surface area (Å²) in [6.07, 6.45) is 2.17. The Labute approximate surface area is 120 Å². The van der Waals surface area contributed by atoms with Gasteiger partial charge in [-0.2, -0.15) is 4.98 Å². The van der Waals surface area contributed by atoms with Gasteiger partial charge in [-0.3, -0.25) is 4.57 Å². The largest absolute Gasteiger partial charge is 0.383 e. The van der Waals surface area contributed by atoms with Gasteiger partial charge in [0.2, 0.25) is 0 Å². The number of ether oxygens (including phenoxy) is 1. The van der Waals surface area contributed by atoms with Crippen molar-refractivity contribution in [3.63, 3.8) is 0 Å². The Morgan fingerprint density at radius 3 is 3.00 bits per heavy atom. The molecule has 0 amide bonds. The van der Waals surface area contributed by atoms with Gasteiger partial charge in [0.15, 0.2) is 0 Å². The van der Waals surface area contributed by atoms with Crippen LogP contribution in [-0.4, -0.2) is 20.7 Å². The molecule has 20 heavy (non-hydrogen) atoms. The Morgan fingerprint density at radius 2 is 2.25 bits per heavy atom. The lowest BCUT2D eigenvalue weighted by Crippen LogP contribution is -2.28. The summed E-state index contributed by atoms with van der Waals surface area (Å²) < 4.78 is 7.40. The van der Waals surface area contributed by atoms with E-state index in [2.05, 4.69) is 11.1 Å². The summed E-state index contributed by atoms with van der Waals surface area (Å²) in [5, 5.41) is 0. The third kappa shape index (κ3) is 2.86. The van der Waals surface area contributed by atoms with Crippen molar-refractivity contribution in [3.05, 3.63) is 58.6 Å². The van der Waals surface area contributed by atoms with E-state index in [1.54, 1.807) is 24.0 Å². The molecule has 0 saturated carbocycles. The van der Waals surface area contributed by atoms with Crippen LogP contribution in [0.2, 0.25) is 0 Å². The molecule has 3 rings (SSSR count). The third-order valence-electron chi connectivity index (χ3n) is 3.08. The second-order valence-corrected chi connectivity index (χ2v) is 5.70. The van der Waals surface area contributed by atoms with E-state index in [-0.39, 0.29) is 23.2 Å². The van der Waals surface area contributed by atoms with E-state index in [1.807, 2.05) is 24.3 Å². The van der Waals surface area contributed by atoms with Gasteiger partial charge in [-0.1, -0.05) is 24.3 Å². The summed E-state index contributed by atoms with van der Waals surface area (Å²) in [6.45, 7) is 0. The van der Waals surface area contributed by atoms with Crippen LogP contribution in [0.15, 0.2) is 41.3 Å². The molecule has 2 atom stereocenters. The molecule has 1 saturated heterocycles. The van der Waals surface area contributed by atoms with E-state index in [4.69, 9.17) is 10.5 Å². The normalized spacial score (nSPS) is 22.0. The van der Waals surface area contributed by atoms with Crippen LogP contribution in [0.4, 0.5) is 5.82 Å². The molecule has 2 aromatic rings. The zero-order valence-corrected chi connectivity index (χ0v) is 11.5. The highest BCUT2D eigenvalue weighted by atomic mass is 32.2. The van der Waals surface area contributed by atoms with Crippen LogP contribution >= 0.6 is 11.8 Å². The average Bonchev–Trinajstić information content (AvgIpc) is 2.88. The molecule has 0 aliphatic carbocycles. The fourth-order valence-electron chi connectivity index (χ4n) is 2.09. The number of benzene rings is 1. The van der Waals surface area contributed by atoms with E-state index in [1.165, 1.54) is 10.1 Å². The van der Waals surface area contributed by atoms with Gasteiger partial charge in [0, 0.05) is 18.4 Å². The fraction of sp³-hybridized carbons (Fsp3) is 0.286. The number of hydrogen-bond acceptors (Lipinski definition) is 5. The van der Waals surface area contributed by atoms with Gasteiger partial charge in [-0.05, 0) is 17.7 Å². The standard InChI is InChI=1S/C14H14N3O2S/c15-11-6-7-17(14(18)16-11)12-9-20-13(19-12)8-10-4-2-1-3-5-10/h2-7,12-13H,8-9H2,(H2,15,16,18)/t12-,13+/m0/s1. The van der Waals surface area contributed by atoms with Gasteiger partial charge in [-0.25, -0.2) is 4.79 Å². The first-order chi connectivity index (χ1) is 9.72. The number of rotatable bonds is 3. The molecule has 1 aliphatic rings. The van der Waals surface area contributed by atoms with Crippen LogP contribution in [0.1, 0.15) is 11.8 Å². The van der Waals surface area contributed by atoms with Gasteiger partial charge in [0.05, 0.1) is 0 Å². The molecule has 0 bridgehead atoms. The second kappa shape index (κ2) is 5.68. The fourth-order valence-corrected chi connectivity index (χ4v) is 3.23. The summed E-state index contributed by atoms with van der Waals surface area (Å²) in [5.41, 5.74) is 6.36. The maximum Gasteiger partial charge on any atom is 0.351 e. The number of anilines is 1. The molecule has 1 aromatic carbocycles. The van der Waals surface area contributed by atoms with Crippen LogP contribution in [0.5, 0.6) is 0 Å².